The van der Waals surface area contributed by atoms with E-state index in [1.807, 2.05) is 38.1 Å². The number of benzene rings is 1. The molecule has 21 heavy (non-hydrogen) atoms. The van der Waals surface area contributed by atoms with Crippen molar-refractivity contribution in [2.45, 2.75) is 20.4 Å². The second kappa shape index (κ2) is 6.79. The summed E-state index contributed by atoms with van der Waals surface area (Å²) in [6.45, 7) is 4.38. The normalized spacial score (nSPS) is 10.8. The zero-order chi connectivity index (χ0) is 15.2. The van der Waals surface area contributed by atoms with Crippen LogP contribution in [0.4, 0.5) is 0 Å². The number of hydrogen-bond acceptors (Lipinski definition) is 3. The van der Waals surface area contributed by atoms with Crippen LogP contribution in [0.2, 0.25) is 0 Å². The van der Waals surface area contributed by atoms with E-state index in [0.29, 0.717) is 6.54 Å². The fourth-order valence-electron chi connectivity index (χ4n) is 2.12. The van der Waals surface area contributed by atoms with E-state index in [0.717, 1.165) is 28.2 Å². The largest absolute Gasteiger partial charge is 0.497 e. The van der Waals surface area contributed by atoms with Crippen LogP contribution < -0.4 is 10.1 Å². The molecule has 0 aliphatic rings. The van der Waals surface area contributed by atoms with Gasteiger partial charge in [-0.3, -0.25) is 4.79 Å². The van der Waals surface area contributed by atoms with Gasteiger partial charge in [-0.15, -0.1) is 0 Å². The van der Waals surface area contributed by atoms with Crippen molar-refractivity contribution in [3.8, 4) is 5.75 Å². The molecule has 0 spiro atoms. The van der Waals surface area contributed by atoms with Crippen LogP contribution in [0.25, 0.3) is 6.08 Å². The summed E-state index contributed by atoms with van der Waals surface area (Å²) in [7, 11) is 1.64. The van der Waals surface area contributed by atoms with E-state index in [2.05, 4.69) is 5.32 Å². The van der Waals surface area contributed by atoms with Gasteiger partial charge in [0.25, 0.3) is 0 Å². The van der Waals surface area contributed by atoms with Gasteiger partial charge >= 0.3 is 0 Å². The van der Waals surface area contributed by atoms with Crippen LogP contribution in [-0.4, -0.2) is 13.0 Å². The van der Waals surface area contributed by atoms with Gasteiger partial charge in [-0.2, -0.15) is 0 Å². The molecule has 0 atom stereocenters. The van der Waals surface area contributed by atoms with Gasteiger partial charge in [-0.05, 0) is 60.9 Å². The second-order valence-electron chi connectivity index (χ2n) is 4.81. The van der Waals surface area contributed by atoms with Crippen molar-refractivity contribution in [3.05, 3.63) is 59.1 Å². The molecule has 0 bridgehead atoms. The van der Waals surface area contributed by atoms with Crippen LogP contribution in [0, 0.1) is 13.8 Å². The molecule has 0 aliphatic carbocycles. The first-order chi connectivity index (χ1) is 10.1. The van der Waals surface area contributed by atoms with E-state index in [-0.39, 0.29) is 5.91 Å². The molecule has 4 heteroatoms. The van der Waals surface area contributed by atoms with Gasteiger partial charge < -0.3 is 14.5 Å². The highest BCUT2D eigenvalue weighted by atomic mass is 16.5. The summed E-state index contributed by atoms with van der Waals surface area (Å²) >= 11 is 0. The van der Waals surface area contributed by atoms with Crippen molar-refractivity contribution in [2.24, 2.45) is 0 Å². The molecule has 1 aromatic carbocycles. The Kier molecular flexibility index (Phi) is 4.82. The van der Waals surface area contributed by atoms with E-state index in [1.165, 1.54) is 6.08 Å². The number of nitrogens with one attached hydrogen (secondary N) is 1. The average Bonchev–Trinajstić information content (AvgIpc) is 2.97. The lowest BCUT2D eigenvalue weighted by molar-refractivity contribution is -0.116. The third-order valence-electron chi connectivity index (χ3n) is 3.22. The molecule has 0 aliphatic heterocycles. The number of aryl methyl sites for hydroxylation is 2. The predicted molar refractivity (Wildman–Crippen MR) is 82.1 cm³/mol. The summed E-state index contributed by atoms with van der Waals surface area (Å²) < 4.78 is 10.4. The van der Waals surface area contributed by atoms with E-state index < -0.39 is 0 Å². The highest BCUT2D eigenvalue weighted by molar-refractivity contribution is 5.92. The molecule has 1 N–H and O–H groups in total. The third kappa shape index (κ3) is 3.99. The molecule has 110 valence electrons. The van der Waals surface area contributed by atoms with Crippen LogP contribution in [0.15, 0.2) is 41.0 Å². The number of ether oxygens (including phenoxy) is 1. The lowest BCUT2D eigenvalue weighted by atomic mass is 10.0. The predicted octanol–water partition coefficient (Wildman–Crippen LogP) is 3.23. The van der Waals surface area contributed by atoms with Gasteiger partial charge in [0.1, 0.15) is 11.5 Å². The molecule has 0 radical (unpaired) electrons. The van der Waals surface area contributed by atoms with Gasteiger partial charge in [-0.1, -0.05) is 0 Å². The third-order valence-corrected chi connectivity index (χ3v) is 3.22. The van der Waals surface area contributed by atoms with E-state index >= 15 is 0 Å². The standard InChI is InChI=1S/C17H19NO3/c1-12-9-15(20-3)10-13(2)16(12)6-7-17(19)18-11-14-5-4-8-21-14/h4-10H,11H2,1-3H3,(H,18,19)/b7-6+. The summed E-state index contributed by atoms with van der Waals surface area (Å²) in [5, 5.41) is 2.77. The first-order valence-electron chi connectivity index (χ1n) is 6.73. The Labute approximate surface area is 124 Å². The molecule has 0 saturated carbocycles. The average molecular weight is 285 g/mol. The molecule has 4 nitrogen and oxygen atoms in total. The first-order valence-corrected chi connectivity index (χ1v) is 6.73. The maximum Gasteiger partial charge on any atom is 0.244 e. The second-order valence-corrected chi connectivity index (χ2v) is 4.81. The Balaban J connectivity index is 2.02. The number of carbonyl (C=O) groups excluding carboxylic acids is 1. The highest BCUT2D eigenvalue weighted by Crippen LogP contribution is 2.22. The minimum atomic E-state index is -0.152. The highest BCUT2D eigenvalue weighted by Gasteiger charge is 2.04. The van der Waals surface area contributed by atoms with Crippen LogP contribution in [-0.2, 0) is 11.3 Å². The van der Waals surface area contributed by atoms with Crippen LogP contribution in [0.1, 0.15) is 22.5 Å². The Bertz CT molecular complexity index is 619. The minimum absolute atomic E-state index is 0.152. The molecular formula is C17H19NO3. The van der Waals surface area contributed by atoms with Crippen LogP contribution in [0.5, 0.6) is 5.75 Å². The van der Waals surface area contributed by atoms with Crippen LogP contribution >= 0.6 is 0 Å². The summed E-state index contributed by atoms with van der Waals surface area (Å²) in [4.78, 5) is 11.8. The number of methoxy groups -OCH3 is 1. The number of hydrogen-bond donors (Lipinski definition) is 1. The summed E-state index contributed by atoms with van der Waals surface area (Å²) in [5.41, 5.74) is 3.17. The molecule has 1 amide bonds. The SMILES string of the molecule is COc1cc(C)c(/C=C/C(=O)NCc2ccco2)c(C)c1. The lowest BCUT2D eigenvalue weighted by Crippen LogP contribution is -2.19. The maximum atomic E-state index is 11.8. The van der Waals surface area contributed by atoms with E-state index in [9.17, 15) is 4.79 Å². The molecule has 1 heterocycles. The Morgan fingerprint density at radius 3 is 2.62 bits per heavy atom. The zero-order valence-electron chi connectivity index (χ0n) is 12.5. The molecule has 0 saturated heterocycles. The molecule has 0 unspecified atom stereocenters. The lowest BCUT2D eigenvalue weighted by Gasteiger charge is -2.08. The summed E-state index contributed by atoms with van der Waals surface area (Å²) in [5.74, 6) is 1.40. The number of furan rings is 1. The van der Waals surface area contributed by atoms with Crippen molar-refractivity contribution < 1.29 is 13.9 Å². The van der Waals surface area contributed by atoms with Crippen molar-refractivity contribution in [1.82, 2.24) is 5.32 Å². The maximum absolute atomic E-state index is 11.8. The first kappa shape index (κ1) is 14.9. The number of rotatable bonds is 5. The van der Waals surface area contributed by atoms with Gasteiger partial charge in [0, 0.05) is 6.08 Å². The van der Waals surface area contributed by atoms with Gasteiger partial charge in [-0.25, -0.2) is 0 Å². The zero-order valence-corrected chi connectivity index (χ0v) is 12.5. The van der Waals surface area contributed by atoms with E-state index in [1.54, 1.807) is 19.4 Å². The molecular weight excluding hydrogens is 266 g/mol. The van der Waals surface area contributed by atoms with Crippen molar-refractivity contribution in [3.63, 3.8) is 0 Å². The van der Waals surface area contributed by atoms with Crippen molar-refractivity contribution in [2.75, 3.05) is 7.11 Å². The fourth-order valence-corrected chi connectivity index (χ4v) is 2.12. The molecule has 1 aromatic heterocycles. The molecule has 2 rings (SSSR count). The van der Waals surface area contributed by atoms with Gasteiger partial charge in [0.2, 0.25) is 5.91 Å². The molecule has 2 aromatic rings. The number of amides is 1. The van der Waals surface area contributed by atoms with Gasteiger partial charge in [0.05, 0.1) is 19.9 Å². The fraction of sp³-hybridized carbons (Fsp3) is 0.235. The van der Waals surface area contributed by atoms with E-state index in [4.69, 9.17) is 9.15 Å². The molecule has 0 fully saturated rings. The smallest absolute Gasteiger partial charge is 0.244 e. The monoisotopic (exact) mass is 285 g/mol. The topological polar surface area (TPSA) is 51.5 Å². The van der Waals surface area contributed by atoms with Gasteiger partial charge in [0.15, 0.2) is 0 Å². The Morgan fingerprint density at radius 2 is 2.05 bits per heavy atom. The van der Waals surface area contributed by atoms with Crippen LogP contribution in [0.3, 0.4) is 0 Å². The Hall–Kier alpha value is -2.49. The van der Waals surface area contributed by atoms with Crippen molar-refractivity contribution >= 4 is 12.0 Å². The summed E-state index contributed by atoms with van der Waals surface area (Å²) in [6.07, 6.45) is 4.94. The Morgan fingerprint density at radius 1 is 1.33 bits per heavy atom. The quantitative estimate of drug-likeness (QED) is 0.858. The summed E-state index contributed by atoms with van der Waals surface area (Å²) in [6, 6.07) is 7.52. The minimum Gasteiger partial charge on any atom is -0.497 e. The van der Waals surface area contributed by atoms with Crippen molar-refractivity contribution in [1.29, 1.82) is 0 Å². The number of carbonyl (C=O) groups is 1.